The third-order valence-corrected chi connectivity index (χ3v) is 5.65. The number of benzene rings is 1. The van der Waals surface area contributed by atoms with E-state index in [1.807, 2.05) is 0 Å². The summed E-state index contributed by atoms with van der Waals surface area (Å²) in [5.41, 5.74) is 2.50. The summed E-state index contributed by atoms with van der Waals surface area (Å²) in [5, 5.41) is 10.9. The molecule has 0 amide bonds. The number of aromatic carboxylic acids is 1. The van der Waals surface area contributed by atoms with E-state index in [0.29, 0.717) is 5.69 Å². The normalized spacial score (nSPS) is 11.8. The maximum absolute atomic E-state index is 12.6. The highest BCUT2D eigenvalue weighted by Gasteiger charge is 2.25. The first kappa shape index (κ1) is 15.6. The van der Waals surface area contributed by atoms with Crippen LogP contribution in [0, 0.1) is 6.92 Å². The summed E-state index contributed by atoms with van der Waals surface area (Å²) >= 11 is 1.39. The zero-order valence-corrected chi connectivity index (χ0v) is 13.1. The standard InChI is InChI=1S/C13H14N2O4S2/c1-9-11(13(16)17)4-3-5-12(9)21(18,19)15(2)6-10-7-20-8-14-10/h3-5,7-8H,6H2,1-2H3,(H,16,17). The summed E-state index contributed by atoms with van der Waals surface area (Å²) in [6, 6.07) is 4.23. The molecular formula is C13H14N2O4S2. The fraction of sp³-hybridized carbons (Fsp3) is 0.231. The zero-order chi connectivity index (χ0) is 15.6. The summed E-state index contributed by atoms with van der Waals surface area (Å²) < 4.78 is 26.3. The maximum Gasteiger partial charge on any atom is 0.335 e. The minimum Gasteiger partial charge on any atom is -0.478 e. The fourth-order valence-electron chi connectivity index (χ4n) is 1.92. The van der Waals surface area contributed by atoms with Gasteiger partial charge in [0.2, 0.25) is 10.0 Å². The van der Waals surface area contributed by atoms with Crippen LogP contribution in [0.1, 0.15) is 21.6 Å². The lowest BCUT2D eigenvalue weighted by atomic mass is 10.1. The van der Waals surface area contributed by atoms with E-state index in [9.17, 15) is 13.2 Å². The monoisotopic (exact) mass is 326 g/mol. The minimum absolute atomic E-state index is 0.000120. The van der Waals surface area contributed by atoms with Crippen LogP contribution in [0.15, 0.2) is 34.0 Å². The van der Waals surface area contributed by atoms with Crippen LogP contribution < -0.4 is 0 Å². The predicted molar refractivity (Wildman–Crippen MR) is 78.9 cm³/mol. The second-order valence-electron chi connectivity index (χ2n) is 4.47. The first-order valence-electron chi connectivity index (χ1n) is 6.00. The highest BCUT2D eigenvalue weighted by molar-refractivity contribution is 7.89. The number of sulfonamides is 1. The molecule has 112 valence electrons. The van der Waals surface area contributed by atoms with Crippen LogP contribution in [0.2, 0.25) is 0 Å². The summed E-state index contributed by atoms with van der Waals surface area (Å²) in [7, 11) is -2.32. The molecule has 0 bridgehead atoms. The van der Waals surface area contributed by atoms with Crippen molar-refractivity contribution >= 4 is 27.3 Å². The van der Waals surface area contributed by atoms with Crippen molar-refractivity contribution in [3.63, 3.8) is 0 Å². The number of rotatable bonds is 5. The maximum atomic E-state index is 12.6. The van der Waals surface area contributed by atoms with Crippen molar-refractivity contribution in [3.8, 4) is 0 Å². The summed E-state index contributed by atoms with van der Waals surface area (Å²) in [6.45, 7) is 1.63. The summed E-state index contributed by atoms with van der Waals surface area (Å²) in [5.74, 6) is -1.15. The first-order valence-corrected chi connectivity index (χ1v) is 8.38. The van der Waals surface area contributed by atoms with Crippen LogP contribution in [0.3, 0.4) is 0 Å². The molecule has 0 aliphatic carbocycles. The number of aromatic nitrogens is 1. The van der Waals surface area contributed by atoms with Gasteiger partial charge in [0.05, 0.1) is 28.2 Å². The van der Waals surface area contributed by atoms with Crippen LogP contribution in [0.5, 0.6) is 0 Å². The first-order chi connectivity index (χ1) is 9.84. The van der Waals surface area contributed by atoms with Crippen molar-refractivity contribution in [1.82, 2.24) is 9.29 Å². The van der Waals surface area contributed by atoms with Gasteiger partial charge >= 0.3 is 5.97 Å². The minimum atomic E-state index is -3.77. The molecule has 1 aromatic heterocycles. The number of nitrogens with zero attached hydrogens (tertiary/aromatic N) is 2. The lowest BCUT2D eigenvalue weighted by Crippen LogP contribution is -2.27. The van der Waals surface area contributed by atoms with Crippen LogP contribution >= 0.6 is 11.3 Å². The van der Waals surface area contributed by atoms with E-state index >= 15 is 0 Å². The van der Waals surface area contributed by atoms with Crippen molar-refractivity contribution in [1.29, 1.82) is 0 Å². The van der Waals surface area contributed by atoms with Crippen molar-refractivity contribution in [2.24, 2.45) is 0 Å². The molecule has 1 N–H and O–H groups in total. The van der Waals surface area contributed by atoms with Gasteiger partial charge in [-0.25, -0.2) is 18.2 Å². The van der Waals surface area contributed by atoms with E-state index in [2.05, 4.69) is 4.98 Å². The largest absolute Gasteiger partial charge is 0.478 e. The van der Waals surface area contributed by atoms with Gasteiger partial charge in [-0.05, 0) is 24.6 Å². The van der Waals surface area contributed by atoms with Gasteiger partial charge in [0, 0.05) is 12.4 Å². The lowest BCUT2D eigenvalue weighted by Gasteiger charge is -2.18. The van der Waals surface area contributed by atoms with E-state index in [-0.39, 0.29) is 22.6 Å². The molecule has 0 spiro atoms. The molecule has 1 aromatic carbocycles. The number of carboxylic acid groups (broad SMARTS) is 1. The van der Waals surface area contributed by atoms with Gasteiger partial charge in [-0.1, -0.05) is 6.07 Å². The van der Waals surface area contributed by atoms with Gasteiger partial charge in [0.25, 0.3) is 0 Å². The molecule has 6 nitrogen and oxygen atoms in total. The Balaban J connectivity index is 2.40. The van der Waals surface area contributed by atoms with E-state index in [0.717, 1.165) is 4.31 Å². The SMILES string of the molecule is Cc1c(C(=O)O)cccc1S(=O)(=O)N(C)Cc1cscn1. The Morgan fingerprint density at radius 1 is 1.43 bits per heavy atom. The quantitative estimate of drug-likeness (QED) is 0.907. The number of hydrogen-bond donors (Lipinski definition) is 1. The molecule has 0 saturated carbocycles. The Hall–Kier alpha value is -1.77. The third-order valence-electron chi connectivity index (χ3n) is 3.07. The predicted octanol–water partition coefficient (Wildman–Crippen LogP) is 1.97. The summed E-state index contributed by atoms with van der Waals surface area (Å²) in [6.07, 6.45) is 0. The second kappa shape index (κ2) is 5.92. The molecule has 0 aliphatic heterocycles. The van der Waals surface area contributed by atoms with Gasteiger partial charge in [0.15, 0.2) is 0 Å². The Kier molecular flexibility index (Phi) is 4.40. The number of hydrogen-bond acceptors (Lipinski definition) is 5. The number of carboxylic acids is 1. The molecule has 0 fully saturated rings. The molecule has 0 atom stereocenters. The van der Waals surface area contributed by atoms with Crippen LogP contribution in [-0.4, -0.2) is 35.8 Å². The van der Waals surface area contributed by atoms with E-state index in [1.54, 1.807) is 10.9 Å². The molecule has 1 heterocycles. The average Bonchev–Trinajstić information content (AvgIpc) is 2.91. The topological polar surface area (TPSA) is 87.6 Å². The molecular weight excluding hydrogens is 312 g/mol. The van der Waals surface area contributed by atoms with E-state index in [4.69, 9.17) is 5.11 Å². The zero-order valence-electron chi connectivity index (χ0n) is 11.5. The Morgan fingerprint density at radius 2 is 2.14 bits per heavy atom. The lowest BCUT2D eigenvalue weighted by molar-refractivity contribution is 0.0696. The molecule has 21 heavy (non-hydrogen) atoms. The second-order valence-corrected chi connectivity index (χ2v) is 7.21. The fourth-order valence-corrected chi connectivity index (χ4v) is 3.86. The average molecular weight is 326 g/mol. The van der Waals surface area contributed by atoms with E-state index < -0.39 is 16.0 Å². The molecule has 0 radical (unpaired) electrons. The molecule has 0 saturated heterocycles. The van der Waals surface area contributed by atoms with Crippen molar-refractivity contribution < 1.29 is 18.3 Å². The van der Waals surface area contributed by atoms with Gasteiger partial charge in [0.1, 0.15) is 0 Å². The highest BCUT2D eigenvalue weighted by Crippen LogP contribution is 2.23. The summed E-state index contributed by atoms with van der Waals surface area (Å²) in [4.78, 5) is 15.2. The van der Waals surface area contributed by atoms with Crippen molar-refractivity contribution in [2.45, 2.75) is 18.4 Å². The van der Waals surface area contributed by atoms with Crippen LogP contribution in [0.25, 0.3) is 0 Å². The van der Waals surface area contributed by atoms with Crippen LogP contribution in [0.4, 0.5) is 0 Å². The van der Waals surface area contributed by atoms with Gasteiger partial charge < -0.3 is 5.11 Å². The molecule has 0 unspecified atom stereocenters. The van der Waals surface area contributed by atoms with E-state index in [1.165, 1.54) is 43.5 Å². The Morgan fingerprint density at radius 3 is 2.71 bits per heavy atom. The Bertz CT molecular complexity index is 754. The molecule has 2 aromatic rings. The van der Waals surface area contributed by atoms with Crippen LogP contribution in [-0.2, 0) is 16.6 Å². The van der Waals surface area contributed by atoms with Gasteiger partial charge in [-0.15, -0.1) is 11.3 Å². The van der Waals surface area contributed by atoms with Crippen molar-refractivity contribution in [2.75, 3.05) is 7.05 Å². The highest BCUT2D eigenvalue weighted by atomic mass is 32.2. The number of thiazole rings is 1. The Labute approximate surface area is 126 Å². The molecule has 8 heteroatoms. The van der Waals surface area contributed by atoms with Crippen molar-refractivity contribution in [3.05, 3.63) is 45.9 Å². The third kappa shape index (κ3) is 3.12. The smallest absolute Gasteiger partial charge is 0.335 e. The van der Waals surface area contributed by atoms with Gasteiger partial charge in [-0.2, -0.15) is 4.31 Å². The number of carbonyl (C=O) groups is 1. The van der Waals surface area contributed by atoms with Gasteiger partial charge in [-0.3, -0.25) is 0 Å². The molecule has 2 rings (SSSR count). The molecule has 0 aliphatic rings.